The summed E-state index contributed by atoms with van der Waals surface area (Å²) < 4.78 is 5.41. The lowest BCUT2D eigenvalue weighted by Crippen LogP contribution is -2.55. The molecule has 0 amide bonds. The van der Waals surface area contributed by atoms with E-state index in [1.807, 2.05) is 0 Å². The molecule has 0 aliphatic carbocycles. The van der Waals surface area contributed by atoms with Gasteiger partial charge in [0.1, 0.15) is 18.3 Å². The van der Waals surface area contributed by atoms with Crippen molar-refractivity contribution >= 4 is 0 Å². The van der Waals surface area contributed by atoms with Crippen LogP contribution < -0.4 is 10.6 Å². The van der Waals surface area contributed by atoms with Gasteiger partial charge in [-0.2, -0.15) is 0 Å². The molecule has 1 unspecified atom stereocenters. The first kappa shape index (κ1) is 22.8. The first-order valence-electron chi connectivity index (χ1n) is 9.84. The number of aliphatic hydroxyl groups is 4. The van der Waals surface area contributed by atoms with Gasteiger partial charge in [-0.3, -0.25) is 10.6 Å². The van der Waals surface area contributed by atoms with Gasteiger partial charge < -0.3 is 25.2 Å². The Hall–Kier alpha value is -0.280. The van der Waals surface area contributed by atoms with E-state index in [0.717, 1.165) is 38.8 Å². The predicted molar refractivity (Wildman–Crippen MR) is 97.0 cm³/mol. The van der Waals surface area contributed by atoms with E-state index in [9.17, 15) is 20.4 Å². The number of unbranched alkanes of at least 4 members (excludes halogenated alkanes) is 6. The molecule has 1 aliphatic heterocycles. The summed E-state index contributed by atoms with van der Waals surface area (Å²) >= 11 is 0. The first-order valence-corrected chi connectivity index (χ1v) is 9.84. The smallest absolute Gasteiger partial charge is 0.219 e. The summed E-state index contributed by atoms with van der Waals surface area (Å²) in [5.41, 5.74) is 0. The Kier molecular flexibility index (Phi) is 11.1. The topological polar surface area (TPSA) is 114 Å². The van der Waals surface area contributed by atoms with Gasteiger partial charge >= 0.3 is 0 Å². The molecule has 25 heavy (non-hydrogen) atoms. The summed E-state index contributed by atoms with van der Waals surface area (Å²) in [5, 5.41) is 46.1. The Bertz CT molecular complexity index is 347. The molecular formula is C18H38N2O5. The van der Waals surface area contributed by atoms with E-state index in [2.05, 4.69) is 24.5 Å². The second kappa shape index (κ2) is 12.2. The van der Waals surface area contributed by atoms with Gasteiger partial charge in [-0.1, -0.05) is 52.4 Å². The number of ether oxygens (including phenoxy) is 1. The fourth-order valence-corrected chi connectivity index (χ4v) is 3.12. The van der Waals surface area contributed by atoms with Crippen LogP contribution in [0.1, 0.15) is 65.2 Å². The lowest BCUT2D eigenvalue weighted by atomic mass is 10.0. The van der Waals surface area contributed by atoms with Crippen LogP contribution in [0.4, 0.5) is 0 Å². The van der Waals surface area contributed by atoms with Gasteiger partial charge in [0, 0.05) is 0 Å². The normalized spacial score (nSPS) is 30.7. The number of nitrogens with one attached hydrogen (secondary N) is 2. The predicted octanol–water partition coefficient (Wildman–Crippen LogP) is 0.454. The van der Waals surface area contributed by atoms with Crippen molar-refractivity contribution in [2.45, 2.75) is 95.5 Å². The van der Waals surface area contributed by atoms with Crippen LogP contribution in [-0.4, -0.2) is 70.4 Å². The molecule has 1 heterocycles. The third kappa shape index (κ3) is 7.09. The van der Waals surface area contributed by atoms with Crippen molar-refractivity contribution in [1.29, 1.82) is 0 Å². The number of aliphatic hydroxyl groups excluding tert-OH is 3. The lowest BCUT2D eigenvalue weighted by Gasteiger charge is -2.28. The maximum Gasteiger partial charge on any atom is 0.219 e. The van der Waals surface area contributed by atoms with Crippen LogP contribution in [0.25, 0.3) is 0 Å². The lowest BCUT2D eigenvalue weighted by molar-refractivity contribution is -0.248. The minimum absolute atomic E-state index is 0.396. The Morgan fingerprint density at radius 1 is 0.920 bits per heavy atom. The highest BCUT2D eigenvalue weighted by Crippen LogP contribution is 2.30. The molecule has 0 saturated carbocycles. The second-order valence-corrected chi connectivity index (χ2v) is 7.03. The zero-order valence-corrected chi connectivity index (χ0v) is 15.8. The highest BCUT2D eigenvalue weighted by atomic mass is 16.7. The van der Waals surface area contributed by atoms with Crippen LogP contribution in [0.5, 0.6) is 0 Å². The van der Waals surface area contributed by atoms with Crippen molar-refractivity contribution in [2.24, 2.45) is 0 Å². The van der Waals surface area contributed by atoms with Gasteiger partial charge in [-0.05, 0) is 25.9 Å². The molecule has 1 aliphatic rings. The highest BCUT2D eigenvalue weighted by molar-refractivity contribution is 4.99. The molecule has 1 fully saturated rings. The largest absolute Gasteiger partial charge is 0.391 e. The molecule has 0 spiro atoms. The molecule has 0 radical (unpaired) electrons. The van der Waals surface area contributed by atoms with Crippen molar-refractivity contribution in [3.05, 3.63) is 0 Å². The summed E-state index contributed by atoms with van der Waals surface area (Å²) in [6.07, 6.45) is 5.13. The van der Waals surface area contributed by atoms with E-state index >= 15 is 0 Å². The average molecular weight is 363 g/mol. The van der Waals surface area contributed by atoms with E-state index in [-0.39, 0.29) is 0 Å². The third-order valence-corrected chi connectivity index (χ3v) is 4.81. The van der Waals surface area contributed by atoms with E-state index in [1.165, 1.54) is 25.7 Å². The van der Waals surface area contributed by atoms with Gasteiger partial charge in [-0.15, -0.1) is 0 Å². The fraction of sp³-hybridized carbons (Fsp3) is 1.00. The van der Waals surface area contributed by atoms with Crippen LogP contribution >= 0.6 is 0 Å². The molecular weight excluding hydrogens is 324 g/mol. The molecule has 5 atom stereocenters. The monoisotopic (exact) mass is 362 g/mol. The summed E-state index contributed by atoms with van der Waals surface area (Å²) in [6, 6.07) is 0. The number of hydrogen-bond donors (Lipinski definition) is 6. The molecule has 0 aromatic rings. The number of rotatable bonds is 14. The molecule has 0 bridgehead atoms. The van der Waals surface area contributed by atoms with Crippen molar-refractivity contribution in [3.8, 4) is 0 Å². The molecule has 6 N–H and O–H groups in total. The highest BCUT2D eigenvalue weighted by Gasteiger charge is 2.55. The molecule has 7 heteroatoms. The van der Waals surface area contributed by atoms with Gasteiger partial charge in [0.05, 0.1) is 12.8 Å². The Morgan fingerprint density at radius 3 is 2.04 bits per heavy atom. The standard InChI is InChI=1S/C18H38N2O5/c1-3-5-7-8-9-10-12-20-17(19-11-6-4-2)15-14(22)16(23)18(24,13-21)25-15/h14-17,19-24H,3-13H2,1-2H3/t14-,15-,16+,17?,18-/m0/s1. The van der Waals surface area contributed by atoms with Crippen LogP contribution in [0, 0.1) is 0 Å². The van der Waals surface area contributed by atoms with Crippen molar-refractivity contribution < 1.29 is 25.2 Å². The molecule has 0 aromatic carbocycles. The Morgan fingerprint density at radius 2 is 1.48 bits per heavy atom. The molecule has 0 aromatic heterocycles. The Labute approximate surface area is 151 Å². The summed E-state index contributed by atoms with van der Waals surface area (Å²) in [4.78, 5) is 0. The van der Waals surface area contributed by atoms with Crippen LogP contribution in [0.15, 0.2) is 0 Å². The second-order valence-electron chi connectivity index (χ2n) is 7.03. The van der Waals surface area contributed by atoms with E-state index < -0.39 is 36.9 Å². The quantitative estimate of drug-likeness (QED) is 0.196. The maximum atomic E-state index is 10.2. The molecule has 7 nitrogen and oxygen atoms in total. The molecule has 1 rings (SSSR count). The maximum absolute atomic E-state index is 10.2. The minimum atomic E-state index is -2.11. The van der Waals surface area contributed by atoms with E-state index in [0.29, 0.717) is 0 Å². The number of hydrogen-bond acceptors (Lipinski definition) is 7. The van der Waals surface area contributed by atoms with Crippen molar-refractivity contribution in [2.75, 3.05) is 19.7 Å². The Balaban J connectivity index is 2.49. The fourth-order valence-electron chi connectivity index (χ4n) is 3.12. The zero-order chi connectivity index (χ0) is 18.7. The summed E-state index contributed by atoms with van der Waals surface area (Å²) in [5.74, 6) is -2.11. The third-order valence-electron chi connectivity index (χ3n) is 4.81. The van der Waals surface area contributed by atoms with E-state index in [1.54, 1.807) is 0 Å². The first-order chi connectivity index (χ1) is 12.0. The van der Waals surface area contributed by atoms with Crippen molar-refractivity contribution in [1.82, 2.24) is 10.6 Å². The van der Waals surface area contributed by atoms with Crippen molar-refractivity contribution in [3.63, 3.8) is 0 Å². The zero-order valence-electron chi connectivity index (χ0n) is 15.8. The van der Waals surface area contributed by atoms with Gasteiger partial charge in [0.25, 0.3) is 0 Å². The summed E-state index contributed by atoms with van der Waals surface area (Å²) in [6.45, 7) is 5.03. The van der Waals surface area contributed by atoms with Crippen LogP contribution in [-0.2, 0) is 4.74 Å². The van der Waals surface area contributed by atoms with Crippen LogP contribution in [0.2, 0.25) is 0 Å². The minimum Gasteiger partial charge on any atom is -0.391 e. The van der Waals surface area contributed by atoms with Gasteiger partial charge in [0.15, 0.2) is 0 Å². The van der Waals surface area contributed by atoms with Crippen LogP contribution in [0.3, 0.4) is 0 Å². The SMILES string of the molecule is CCCCCCCCNC(NCCCC)[C@H]1O[C@@](O)(CO)[C@H](O)[C@H]1O. The van der Waals surface area contributed by atoms with Gasteiger partial charge in [-0.25, -0.2) is 0 Å². The molecule has 1 saturated heterocycles. The average Bonchev–Trinajstić information content (AvgIpc) is 2.84. The van der Waals surface area contributed by atoms with E-state index in [4.69, 9.17) is 4.74 Å². The summed E-state index contributed by atoms with van der Waals surface area (Å²) in [7, 11) is 0. The van der Waals surface area contributed by atoms with Gasteiger partial charge in [0.2, 0.25) is 5.79 Å². The molecule has 150 valence electrons.